The van der Waals surface area contributed by atoms with Crippen molar-refractivity contribution in [1.82, 2.24) is 0 Å². The lowest BCUT2D eigenvalue weighted by molar-refractivity contribution is 0.348. The molecule has 0 radical (unpaired) electrons. The Morgan fingerprint density at radius 3 is 1.40 bits per heavy atom. The zero-order chi connectivity index (χ0) is 18.4. The number of rotatable bonds is 20. The van der Waals surface area contributed by atoms with Crippen LogP contribution in [-0.4, -0.2) is 11.7 Å². The summed E-state index contributed by atoms with van der Waals surface area (Å²) in [6.07, 6.45) is 26.6. The van der Waals surface area contributed by atoms with E-state index in [9.17, 15) is 0 Å². The fourth-order valence-electron chi connectivity index (χ4n) is 3.22. The summed E-state index contributed by atoms with van der Waals surface area (Å²) in [6.45, 7) is 6.47. The molecule has 0 saturated carbocycles. The van der Waals surface area contributed by atoms with Crippen LogP contribution in [0.2, 0.25) is 0 Å². The molecule has 0 rings (SSSR count). The fourth-order valence-corrected chi connectivity index (χ4v) is 3.43. The second-order valence-electron chi connectivity index (χ2n) is 7.38. The van der Waals surface area contributed by atoms with Crippen molar-refractivity contribution in [2.45, 2.75) is 122 Å². The molecule has 0 aromatic rings. The van der Waals surface area contributed by atoms with Gasteiger partial charge >= 0.3 is 0 Å². The molecule has 0 aromatic carbocycles. The summed E-state index contributed by atoms with van der Waals surface area (Å²) in [5, 5.41) is 0.751. The average Bonchev–Trinajstić information content (AvgIpc) is 2.62. The summed E-state index contributed by atoms with van der Waals surface area (Å²) in [5.74, 6) is 0. The normalized spacial score (nSPS) is 10.8. The quantitative estimate of drug-likeness (QED) is 0.121. The predicted octanol–water partition coefficient (Wildman–Crippen LogP) is 8.56. The molecular weight excluding hydrogens is 324 g/mol. The molecule has 0 spiro atoms. The van der Waals surface area contributed by atoms with E-state index in [4.69, 9.17) is 17.0 Å². The van der Waals surface area contributed by atoms with E-state index in [2.05, 4.69) is 13.5 Å². The van der Waals surface area contributed by atoms with E-state index in [-0.39, 0.29) is 0 Å². The molecule has 2 heteroatoms. The molecule has 25 heavy (non-hydrogen) atoms. The molecule has 1 nitrogen and oxygen atoms in total. The van der Waals surface area contributed by atoms with Gasteiger partial charge in [-0.1, -0.05) is 122 Å². The molecule has 0 N–H and O–H groups in total. The number of hydrogen-bond acceptors (Lipinski definition) is 2. The van der Waals surface area contributed by atoms with Gasteiger partial charge in [0.25, 0.3) is 0 Å². The van der Waals surface area contributed by atoms with E-state index in [0.29, 0.717) is 6.61 Å². The molecule has 0 aliphatic rings. The van der Waals surface area contributed by atoms with Gasteiger partial charge in [0.05, 0.1) is 0 Å². The van der Waals surface area contributed by atoms with E-state index in [1.54, 1.807) is 6.08 Å². The van der Waals surface area contributed by atoms with Crippen LogP contribution in [0.4, 0.5) is 0 Å². The monoisotopic (exact) mass is 368 g/mol. The van der Waals surface area contributed by atoms with Crippen LogP contribution >= 0.6 is 12.2 Å². The van der Waals surface area contributed by atoms with Crippen molar-refractivity contribution in [1.29, 1.82) is 0 Å². The van der Waals surface area contributed by atoms with Crippen LogP contribution in [0.5, 0.6) is 0 Å². The van der Waals surface area contributed by atoms with Gasteiger partial charge in [0.15, 0.2) is 5.05 Å². The van der Waals surface area contributed by atoms with Gasteiger partial charge in [-0.3, -0.25) is 0 Å². The minimum absolute atomic E-state index is 0.553. The van der Waals surface area contributed by atoms with Crippen molar-refractivity contribution < 1.29 is 4.74 Å². The highest BCUT2D eigenvalue weighted by atomic mass is 32.1. The topological polar surface area (TPSA) is 9.23 Å². The van der Waals surface area contributed by atoms with Crippen molar-refractivity contribution in [2.24, 2.45) is 0 Å². The van der Waals surface area contributed by atoms with Gasteiger partial charge in [0.2, 0.25) is 0 Å². The van der Waals surface area contributed by atoms with Gasteiger partial charge in [0, 0.05) is 6.42 Å². The Kier molecular flexibility index (Phi) is 21.4. The molecule has 0 heterocycles. The maximum atomic E-state index is 5.33. The van der Waals surface area contributed by atoms with Crippen LogP contribution in [0.1, 0.15) is 122 Å². The number of hydrogen-bond donors (Lipinski definition) is 0. The van der Waals surface area contributed by atoms with Crippen molar-refractivity contribution in [3.63, 3.8) is 0 Å². The Morgan fingerprint density at radius 1 is 0.680 bits per heavy atom. The number of unbranched alkanes of at least 4 members (excludes halogenated alkanes) is 16. The Bertz CT molecular complexity index is 288. The van der Waals surface area contributed by atoms with Gasteiger partial charge in [0.1, 0.15) is 6.61 Å². The van der Waals surface area contributed by atoms with Crippen molar-refractivity contribution in [2.75, 3.05) is 6.61 Å². The van der Waals surface area contributed by atoms with Crippen molar-refractivity contribution in [3.05, 3.63) is 12.7 Å². The molecule has 0 bridgehead atoms. The summed E-state index contributed by atoms with van der Waals surface area (Å²) in [4.78, 5) is 0. The standard InChI is InChI=1S/C23H44OS/c1-3-5-6-7-8-9-10-11-12-13-14-15-16-17-18-19-20-21-23(25)24-22-4-2/h4H,2-3,5-22H2,1H3. The van der Waals surface area contributed by atoms with E-state index in [1.807, 2.05) is 0 Å². The highest BCUT2D eigenvalue weighted by Crippen LogP contribution is 2.14. The lowest BCUT2D eigenvalue weighted by Crippen LogP contribution is -2.01. The fraction of sp³-hybridized carbons (Fsp3) is 0.870. The Balaban J connectivity index is 3.05. The largest absolute Gasteiger partial charge is 0.483 e. The second kappa shape index (κ2) is 21.7. The van der Waals surface area contributed by atoms with E-state index in [0.717, 1.165) is 11.5 Å². The minimum Gasteiger partial charge on any atom is -0.483 e. The third-order valence-corrected chi connectivity index (χ3v) is 5.17. The summed E-state index contributed by atoms with van der Waals surface area (Å²) in [5.41, 5.74) is 0. The highest BCUT2D eigenvalue weighted by Gasteiger charge is 1.98. The van der Waals surface area contributed by atoms with E-state index < -0.39 is 0 Å². The van der Waals surface area contributed by atoms with Gasteiger partial charge in [-0.05, 0) is 18.6 Å². The molecule has 0 saturated heterocycles. The Morgan fingerprint density at radius 2 is 1.04 bits per heavy atom. The number of thiocarbonyl (C=S) groups is 1. The molecule has 0 unspecified atom stereocenters. The zero-order valence-corrected chi connectivity index (χ0v) is 17.9. The van der Waals surface area contributed by atoms with Crippen LogP contribution < -0.4 is 0 Å². The smallest absolute Gasteiger partial charge is 0.160 e. The first-order valence-electron chi connectivity index (χ1n) is 11.1. The molecule has 0 atom stereocenters. The summed E-state index contributed by atoms with van der Waals surface area (Å²) in [6, 6.07) is 0. The predicted molar refractivity (Wildman–Crippen MR) is 118 cm³/mol. The Labute approximate surface area is 164 Å². The second-order valence-corrected chi connectivity index (χ2v) is 7.83. The molecule has 0 fully saturated rings. The Hall–Kier alpha value is -0.370. The molecule has 148 valence electrons. The average molecular weight is 369 g/mol. The first-order chi connectivity index (χ1) is 12.3. The van der Waals surface area contributed by atoms with Crippen LogP contribution in [0.25, 0.3) is 0 Å². The minimum atomic E-state index is 0.553. The van der Waals surface area contributed by atoms with Gasteiger partial charge < -0.3 is 4.74 Å². The van der Waals surface area contributed by atoms with Crippen molar-refractivity contribution in [3.8, 4) is 0 Å². The van der Waals surface area contributed by atoms with Gasteiger partial charge in [-0.15, -0.1) is 0 Å². The van der Waals surface area contributed by atoms with E-state index in [1.165, 1.54) is 109 Å². The lowest BCUT2D eigenvalue weighted by Gasteiger charge is -2.05. The van der Waals surface area contributed by atoms with Crippen LogP contribution in [-0.2, 0) is 4.74 Å². The highest BCUT2D eigenvalue weighted by molar-refractivity contribution is 7.80. The maximum absolute atomic E-state index is 5.33. The molecule has 0 aromatic heterocycles. The molecule has 0 aliphatic carbocycles. The lowest BCUT2D eigenvalue weighted by atomic mass is 10.0. The van der Waals surface area contributed by atoms with Crippen LogP contribution in [0, 0.1) is 0 Å². The zero-order valence-electron chi connectivity index (χ0n) is 17.0. The molecular formula is C23H44OS. The number of ether oxygens (including phenoxy) is 1. The first kappa shape index (κ1) is 24.6. The van der Waals surface area contributed by atoms with Crippen molar-refractivity contribution >= 4 is 17.3 Å². The van der Waals surface area contributed by atoms with Gasteiger partial charge in [-0.25, -0.2) is 0 Å². The van der Waals surface area contributed by atoms with Crippen LogP contribution in [0.15, 0.2) is 12.7 Å². The maximum Gasteiger partial charge on any atom is 0.160 e. The van der Waals surface area contributed by atoms with E-state index >= 15 is 0 Å². The summed E-state index contributed by atoms with van der Waals surface area (Å²) >= 11 is 5.16. The van der Waals surface area contributed by atoms with Gasteiger partial charge in [-0.2, -0.15) is 0 Å². The third kappa shape index (κ3) is 21.6. The SMILES string of the molecule is C=CCOC(=S)CCCCCCCCCCCCCCCCCCC. The molecule has 0 amide bonds. The summed E-state index contributed by atoms with van der Waals surface area (Å²) < 4.78 is 5.33. The van der Waals surface area contributed by atoms with Crippen LogP contribution in [0.3, 0.4) is 0 Å². The third-order valence-electron chi connectivity index (χ3n) is 4.85. The summed E-state index contributed by atoms with van der Waals surface area (Å²) in [7, 11) is 0. The first-order valence-corrected chi connectivity index (χ1v) is 11.5. The molecule has 0 aliphatic heterocycles.